The van der Waals surface area contributed by atoms with Crippen molar-refractivity contribution in [3.05, 3.63) is 19.8 Å². The molecule has 1 aromatic rings. The SMILES string of the molecule is COC(=O)c1sc(Br)c2c1CCC(F)(F)C2. The lowest BCUT2D eigenvalue weighted by molar-refractivity contribution is -0.0123. The average Bonchev–Trinajstić information content (AvgIpc) is 2.53. The molecule has 0 unspecified atom stereocenters. The van der Waals surface area contributed by atoms with Crippen molar-refractivity contribution in [3.8, 4) is 0 Å². The molecule has 0 amide bonds. The molecular weight excluding hydrogens is 302 g/mol. The first-order valence-electron chi connectivity index (χ1n) is 4.71. The van der Waals surface area contributed by atoms with Gasteiger partial charge in [-0.1, -0.05) is 0 Å². The fraction of sp³-hybridized carbons (Fsp3) is 0.500. The minimum atomic E-state index is -2.66. The summed E-state index contributed by atoms with van der Waals surface area (Å²) in [5, 5.41) is 0. The van der Waals surface area contributed by atoms with Gasteiger partial charge >= 0.3 is 5.97 Å². The van der Waals surface area contributed by atoms with Crippen LogP contribution in [-0.4, -0.2) is 19.0 Å². The molecule has 0 saturated heterocycles. The molecule has 0 spiro atoms. The lowest BCUT2D eigenvalue weighted by Crippen LogP contribution is -2.26. The van der Waals surface area contributed by atoms with Crippen LogP contribution in [-0.2, 0) is 17.6 Å². The summed E-state index contributed by atoms with van der Waals surface area (Å²) < 4.78 is 31.7. The van der Waals surface area contributed by atoms with Crippen LogP contribution in [0, 0.1) is 0 Å². The van der Waals surface area contributed by atoms with Crippen molar-refractivity contribution in [2.75, 3.05) is 7.11 Å². The minimum absolute atomic E-state index is 0.201. The predicted octanol–water partition coefficient (Wildman–Crippen LogP) is 3.42. The Morgan fingerprint density at radius 3 is 2.81 bits per heavy atom. The molecule has 0 saturated carbocycles. The van der Waals surface area contributed by atoms with E-state index in [0.29, 0.717) is 14.2 Å². The van der Waals surface area contributed by atoms with E-state index in [9.17, 15) is 13.6 Å². The molecule has 1 aliphatic carbocycles. The molecule has 2 rings (SSSR count). The molecule has 0 N–H and O–H groups in total. The maximum absolute atomic E-state index is 13.2. The van der Waals surface area contributed by atoms with Crippen molar-refractivity contribution < 1.29 is 18.3 Å². The van der Waals surface area contributed by atoms with Gasteiger partial charge in [0.05, 0.1) is 10.9 Å². The number of hydrogen-bond donors (Lipinski definition) is 0. The third-order valence-corrected chi connectivity index (χ3v) is 4.62. The molecule has 1 aromatic heterocycles. The van der Waals surface area contributed by atoms with Crippen LogP contribution in [0.5, 0.6) is 0 Å². The average molecular weight is 311 g/mol. The van der Waals surface area contributed by atoms with Crippen molar-refractivity contribution in [1.29, 1.82) is 0 Å². The van der Waals surface area contributed by atoms with E-state index >= 15 is 0 Å². The van der Waals surface area contributed by atoms with Crippen LogP contribution in [0.4, 0.5) is 8.78 Å². The maximum Gasteiger partial charge on any atom is 0.348 e. The summed E-state index contributed by atoms with van der Waals surface area (Å²) in [5.74, 6) is -3.11. The number of ether oxygens (including phenoxy) is 1. The van der Waals surface area contributed by atoms with Crippen LogP contribution in [0.25, 0.3) is 0 Å². The first kappa shape index (κ1) is 12.0. The van der Waals surface area contributed by atoms with E-state index in [1.165, 1.54) is 18.4 Å². The number of rotatable bonds is 1. The van der Waals surface area contributed by atoms with Gasteiger partial charge in [0.25, 0.3) is 5.92 Å². The van der Waals surface area contributed by atoms with Crippen LogP contribution in [0.2, 0.25) is 0 Å². The van der Waals surface area contributed by atoms with Gasteiger partial charge in [-0.2, -0.15) is 0 Å². The van der Waals surface area contributed by atoms with Crippen molar-refractivity contribution in [2.45, 2.75) is 25.2 Å². The molecule has 2 nitrogen and oxygen atoms in total. The number of esters is 1. The van der Waals surface area contributed by atoms with Crippen LogP contribution in [0.1, 0.15) is 27.2 Å². The van der Waals surface area contributed by atoms with E-state index in [4.69, 9.17) is 0 Å². The summed E-state index contributed by atoms with van der Waals surface area (Å²) in [5.41, 5.74) is 1.27. The zero-order chi connectivity index (χ0) is 11.9. The number of methoxy groups -OCH3 is 1. The molecule has 0 radical (unpaired) electrons. The second-order valence-corrected chi connectivity index (χ2v) is 6.02. The third-order valence-electron chi connectivity index (χ3n) is 2.61. The number of thiophene rings is 1. The Morgan fingerprint density at radius 2 is 2.19 bits per heavy atom. The molecule has 0 aliphatic heterocycles. The van der Waals surface area contributed by atoms with E-state index in [-0.39, 0.29) is 19.3 Å². The number of carbonyl (C=O) groups is 1. The molecule has 0 atom stereocenters. The Kier molecular flexibility index (Phi) is 3.05. The summed E-state index contributed by atoms with van der Waals surface area (Å²) in [6, 6.07) is 0. The largest absolute Gasteiger partial charge is 0.465 e. The smallest absolute Gasteiger partial charge is 0.348 e. The number of carbonyl (C=O) groups excluding carboxylic acids is 1. The molecule has 16 heavy (non-hydrogen) atoms. The molecule has 0 fully saturated rings. The highest BCUT2D eigenvalue weighted by Gasteiger charge is 2.38. The highest BCUT2D eigenvalue weighted by Crippen LogP contribution is 2.42. The van der Waals surface area contributed by atoms with Crippen LogP contribution < -0.4 is 0 Å². The molecule has 1 heterocycles. The highest BCUT2D eigenvalue weighted by molar-refractivity contribution is 9.11. The van der Waals surface area contributed by atoms with Gasteiger partial charge in [-0.3, -0.25) is 0 Å². The normalized spacial score (nSPS) is 18.0. The summed E-state index contributed by atoms with van der Waals surface area (Å²) in [6.07, 6.45) is -0.265. The first-order valence-corrected chi connectivity index (χ1v) is 6.32. The molecule has 6 heteroatoms. The Bertz CT molecular complexity index is 442. The van der Waals surface area contributed by atoms with Crippen molar-refractivity contribution in [3.63, 3.8) is 0 Å². The van der Waals surface area contributed by atoms with Gasteiger partial charge in [-0.15, -0.1) is 11.3 Å². The molecule has 0 aromatic carbocycles. The van der Waals surface area contributed by atoms with Gasteiger partial charge in [-0.25, -0.2) is 13.6 Å². The fourth-order valence-electron chi connectivity index (χ4n) is 1.82. The molecular formula is C10H9BrF2O2S. The van der Waals surface area contributed by atoms with E-state index in [2.05, 4.69) is 20.7 Å². The predicted molar refractivity (Wildman–Crippen MR) is 60.3 cm³/mol. The fourth-order valence-corrected chi connectivity index (χ4v) is 3.70. The van der Waals surface area contributed by atoms with Crippen LogP contribution in [0.15, 0.2) is 3.79 Å². The summed E-state index contributed by atoms with van der Waals surface area (Å²) >= 11 is 4.40. The van der Waals surface area contributed by atoms with E-state index in [0.717, 1.165) is 5.56 Å². The summed E-state index contributed by atoms with van der Waals surface area (Å²) in [6.45, 7) is 0. The van der Waals surface area contributed by atoms with E-state index in [1.54, 1.807) is 0 Å². The minimum Gasteiger partial charge on any atom is -0.465 e. The van der Waals surface area contributed by atoms with Crippen molar-refractivity contribution in [2.24, 2.45) is 0 Å². The van der Waals surface area contributed by atoms with Gasteiger partial charge in [-0.05, 0) is 33.5 Å². The zero-order valence-corrected chi connectivity index (χ0v) is 10.9. The zero-order valence-electron chi connectivity index (χ0n) is 8.48. The first-order chi connectivity index (χ1) is 7.44. The van der Waals surface area contributed by atoms with Crippen molar-refractivity contribution in [1.82, 2.24) is 0 Å². The van der Waals surface area contributed by atoms with Crippen LogP contribution in [0.3, 0.4) is 0 Å². The van der Waals surface area contributed by atoms with Gasteiger partial charge in [0, 0.05) is 12.8 Å². The van der Waals surface area contributed by atoms with Gasteiger partial charge < -0.3 is 4.74 Å². The van der Waals surface area contributed by atoms with Crippen LogP contribution >= 0.6 is 27.3 Å². The lowest BCUT2D eigenvalue weighted by Gasteiger charge is -2.22. The summed E-state index contributed by atoms with van der Waals surface area (Å²) in [4.78, 5) is 11.9. The highest BCUT2D eigenvalue weighted by atomic mass is 79.9. The van der Waals surface area contributed by atoms with E-state index < -0.39 is 11.9 Å². The third kappa shape index (κ3) is 2.00. The Morgan fingerprint density at radius 1 is 1.50 bits per heavy atom. The number of halogens is 3. The number of alkyl halides is 2. The number of fused-ring (bicyclic) bond motifs is 1. The van der Waals surface area contributed by atoms with Crippen molar-refractivity contribution >= 4 is 33.2 Å². The summed E-state index contributed by atoms with van der Waals surface area (Å²) in [7, 11) is 1.29. The topological polar surface area (TPSA) is 26.3 Å². The monoisotopic (exact) mass is 310 g/mol. The lowest BCUT2D eigenvalue weighted by atomic mass is 9.91. The van der Waals surface area contributed by atoms with Gasteiger partial charge in [0.2, 0.25) is 0 Å². The second kappa shape index (κ2) is 4.07. The Balaban J connectivity index is 2.44. The molecule has 88 valence electrons. The quantitative estimate of drug-likeness (QED) is 0.743. The Labute approximate surface area is 104 Å². The second-order valence-electron chi connectivity index (χ2n) is 3.69. The molecule has 1 aliphatic rings. The van der Waals surface area contributed by atoms with Gasteiger partial charge in [0.15, 0.2) is 0 Å². The maximum atomic E-state index is 13.2. The molecule has 0 bridgehead atoms. The van der Waals surface area contributed by atoms with E-state index in [1.807, 2.05) is 0 Å². The number of hydrogen-bond acceptors (Lipinski definition) is 3. The standard InChI is InChI=1S/C10H9BrF2O2S/c1-15-9(14)7-5-2-3-10(12,13)4-6(5)8(11)16-7/h2-4H2,1H3. The van der Waals surface area contributed by atoms with Gasteiger partial charge in [0.1, 0.15) is 4.88 Å². The Hall–Kier alpha value is -0.490.